The molecule has 100 valence electrons. The Hall–Kier alpha value is -1.42. The van der Waals surface area contributed by atoms with Gasteiger partial charge in [0.2, 0.25) is 0 Å². The molecule has 4 heteroatoms. The van der Waals surface area contributed by atoms with Crippen LogP contribution in [0.5, 0.6) is 11.5 Å². The number of ether oxygens (including phenoxy) is 2. The van der Waals surface area contributed by atoms with Crippen LogP contribution in [-0.2, 0) is 0 Å². The number of benzene rings is 1. The molecular weight excluding hydrogens is 228 g/mol. The number of nitrogens with two attached hydrogens (primary N) is 1. The Kier molecular flexibility index (Phi) is 4.70. The second kappa shape index (κ2) is 6.50. The van der Waals surface area contributed by atoms with Crippen molar-refractivity contribution in [2.24, 2.45) is 0 Å². The van der Waals surface area contributed by atoms with E-state index in [4.69, 9.17) is 15.2 Å². The maximum absolute atomic E-state index is 5.77. The molecule has 0 bridgehead atoms. The van der Waals surface area contributed by atoms with Crippen molar-refractivity contribution < 1.29 is 9.47 Å². The number of rotatable bonds is 5. The molecule has 0 amide bonds. The summed E-state index contributed by atoms with van der Waals surface area (Å²) in [7, 11) is 1.64. The molecule has 0 aromatic heterocycles. The number of methoxy groups -OCH3 is 1. The highest BCUT2D eigenvalue weighted by atomic mass is 16.5. The molecule has 1 saturated heterocycles. The lowest BCUT2D eigenvalue weighted by Crippen LogP contribution is -2.35. The summed E-state index contributed by atoms with van der Waals surface area (Å²) in [6.07, 6.45) is 4.88. The quantitative estimate of drug-likeness (QED) is 0.787. The Morgan fingerprint density at radius 1 is 1.33 bits per heavy atom. The van der Waals surface area contributed by atoms with Gasteiger partial charge in [0.15, 0.2) is 11.5 Å². The summed E-state index contributed by atoms with van der Waals surface area (Å²) in [4.78, 5) is 0. The van der Waals surface area contributed by atoms with Crippen molar-refractivity contribution in [3.8, 4) is 11.5 Å². The van der Waals surface area contributed by atoms with E-state index < -0.39 is 0 Å². The molecule has 1 aliphatic rings. The first-order valence-electron chi connectivity index (χ1n) is 6.59. The van der Waals surface area contributed by atoms with Crippen LogP contribution < -0.4 is 20.5 Å². The van der Waals surface area contributed by atoms with Crippen molar-refractivity contribution >= 4 is 5.69 Å². The van der Waals surface area contributed by atoms with Gasteiger partial charge in [-0.1, -0.05) is 6.42 Å². The van der Waals surface area contributed by atoms with E-state index in [1.54, 1.807) is 7.11 Å². The standard InChI is InChI=1S/C14H22N2O2/c1-17-13-6-5-11(15)10-14(13)18-9-7-12-4-2-3-8-16-12/h5-6,10,12,16H,2-4,7-9,15H2,1H3. The average Bonchev–Trinajstić information content (AvgIpc) is 2.40. The van der Waals surface area contributed by atoms with Crippen LogP contribution in [0.25, 0.3) is 0 Å². The zero-order valence-corrected chi connectivity index (χ0v) is 10.9. The van der Waals surface area contributed by atoms with Crippen molar-refractivity contribution in [3.05, 3.63) is 18.2 Å². The summed E-state index contributed by atoms with van der Waals surface area (Å²) >= 11 is 0. The van der Waals surface area contributed by atoms with Crippen LogP contribution in [0, 0.1) is 0 Å². The molecule has 1 aromatic carbocycles. The third-order valence-electron chi connectivity index (χ3n) is 3.32. The van der Waals surface area contributed by atoms with Gasteiger partial charge in [-0.3, -0.25) is 0 Å². The summed E-state index contributed by atoms with van der Waals surface area (Å²) < 4.78 is 11.0. The molecule has 1 aromatic rings. The number of hydrogen-bond donors (Lipinski definition) is 2. The molecule has 3 N–H and O–H groups in total. The molecular formula is C14H22N2O2. The largest absolute Gasteiger partial charge is 0.493 e. The van der Waals surface area contributed by atoms with Crippen LogP contribution in [0.15, 0.2) is 18.2 Å². The van der Waals surface area contributed by atoms with Gasteiger partial charge < -0.3 is 20.5 Å². The number of hydrogen-bond acceptors (Lipinski definition) is 4. The molecule has 1 aliphatic heterocycles. The smallest absolute Gasteiger partial charge is 0.163 e. The van der Waals surface area contributed by atoms with Crippen LogP contribution in [-0.4, -0.2) is 26.3 Å². The van der Waals surface area contributed by atoms with E-state index in [1.807, 2.05) is 18.2 Å². The van der Waals surface area contributed by atoms with Gasteiger partial charge in [-0.2, -0.15) is 0 Å². The summed E-state index contributed by atoms with van der Waals surface area (Å²) in [6, 6.07) is 6.05. The fraction of sp³-hybridized carbons (Fsp3) is 0.571. The van der Waals surface area contributed by atoms with Crippen molar-refractivity contribution in [2.75, 3.05) is 26.0 Å². The SMILES string of the molecule is COc1ccc(N)cc1OCCC1CCCCN1. The van der Waals surface area contributed by atoms with E-state index in [0.29, 0.717) is 18.3 Å². The first-order chi connectivity index (χ1) is 8.79. The van der Waals surface area contributed by atoms with E-state index in [-0.39, 0.29) is 0 Å². The summed E-state index contributed by atoms with van der Waals surface area (Å²) in [5.41, 5.74) is 6.44. The monoisotopic (exact) mass is 250 g/mol. The molecule has 18 heavy (non-hydrogen) atoms. The number of piperidine rings is 1. The van der Waals surface area contributed by atoms with Gasteiger partial charge in [-0.25, -0.2) is 0 Å². The zero-order chi connectivity index (χ0) is 12.8. The molecule has 1 atom stereocenters. The number of nitrogen functional groups attached to an aromatic ring is 1. The Balaban J connectivity index is 1.83. The van der Waals surface area contributed by atoms with Crippen molar-refractivity contribution in [3.63, 3.8) is 0 Å². The molecule has 1 unspecified atom stereocenters. The Bertz CT molecular complexity index is 376. The van der Waals surface area contributed by atoms with Gasteiger partial charge in [-0.15, -0.1) is 0 Å². The van der Waals surface area contributed by atoms with E-state index in [0.717, 1.165) is 24.5 Å². The molecule has 0 radical (unpaired) electrons. The van der Waals surface area contributed by atoms with Crippen LogP contribution in [0.4, 0.5) is 5.69 Å². The first-order valence-corrected chi connectivity index (χ1v) is 6.59. The van der Waals surface area contributed by atoms with E-state index in [9.17, 15) is 0 Å². The van der Waals surface area contributed by atoms with Gasteiger partial charge >= 0.3 is 0 Å². The lowest BCUT2D eigenvalue weighted by molar-refractivity contribution is 0.257. The second-order valence-electron chi connectivity index (χ2n) is 4.69. The maximum Gasteiger partial charge on any atom is 0.163 e. The second-order valence-corrected chi connectivity index (χ2v) is 4.69. The minimum Gasteiger partial charge on any atom is -0.493 e. The normalized spacial score (nSPS) is 19.5. The lowest BCUT2D eigenvalue weighted by Gasteiger charge is -2.23. The van der Waals surface area contributed by atoms with Crippen LogP contribution >= 0.6 is 0 Å². The minimum atomic E-state index is 0.589. The highest BCUT2D eigenvalue weighted by Crippen LogP contribution is 2.29. The van der Waals surface area contributed by atoms with E-state index in [2.05, 4.69) is 5.32 Å². The third kappa shape index (κ3) is 3.53. The van der Waals surface area contributed by atoms with Crippen molar-refractivity contribution in [2.45, 2.75) is 31.7 Å². The van der Waals surface area contributed by atoms with Gasteiger partial charge in [0.05, 0.1) is 13.7 Å². The third-order valence-corrected chi connectivity index (χ3v) is 3.32. The molecule has 1 fully saturated rings. The average molecular weight is 250 g/mol. The fourth-order valence-electron chi connectivity index (χ4n) is 2.29. The van der Waals surface area contributed by atoms with Gasteiger partial charge in [0.1, 0.15) is 0 Å². The molecule has 4 nitrogen and oxygen atoms in total. The fourth-order valence-corrected chi connectivity index (χ4v) is 2.29. The van der Waals surface area contributed by atoms with E-state index >= 15 is 0 Å². The van der Waals surface area contributed by atoms with Gasteiger partial charge in [0, 0.05) is 17.8 Å². The van der Waals surface area contributed by atoms with Crippen LogP contribution in [0.1, 0.15) is 25.7 Å². The predicted octanol–water partition coefficient (Wildman–Crippen LogP) is 2.19. The first kappa shape index (κ1) is 13.0. The Morgan fingerprint density at radius 2 is 2.22 bits per heavy atom. The zero-order valence-electron chi connectivity index (χ0n) is 10.9. The minimum absolute atomic E-state index is 0.589. The van der Waals surface area contributed by atoms with Crippen molar-refractivity contribution in [1.29, 1.82) is 0 Å². The predicted molar refractivity (Wildman–Crippen MR) is 73.2 cm³/mol. The van der Waals surface area contributed by atoms with Crippen molar-refractivity contribution in [1.82, 2.24) is 5.32 Å². The summed E-state index contributed by atoms with van der Waals surface area (Å²) in [5, 5.41) is 3.51. The molecule has 0 aliphatic carbocycles. The summed E-state index contributed by atoms with van der Waals surface area (Å²) in [6.45, 7) is 1.82. The number of nitrogens with one attached hydrogen (secondary N) is 1. The summed E-state index contributed by atoms with van der Waals surface area (Å²) in [5.74, 6) is 1.47. The topological polar surface area (TPSA) is 56.5 Å². The van der Waals surface area contributed by atoms with E-state index in [1.165, 1.54) is 19.3 Å². The Morgan fingerprint density at radius 3 is 2.94 bits per heavy atom. The molecule has 2 rings (SSSR count). The molecule has 1 heterocycles. The maximum atomic E-state index is 5.77. The highest BCUT2D eigenvalue weighted by Gasteiger charge is 2.12. The Labute approximate surface area is 108 Å². The number of anilines is 1. The van der Waals surface area contributed by atoms with Crippen LogP contribution in [0.2, 0.25) is 0 Å². The van der Waals surface area contributed by atoms with Crippen LogP contribution in [0.3, 0.4) is 0 Å². The van der Waals surface area contributed by atoms with Gasteiger partial charge in [-0.05, 0) is 37.9 Å². The lowest BCUT2D eigenvalue weighted by atomic mass is 10.0. The molecule has 0 saturated carbocycles. The molecule has 0 spiro atoms. The highest BCUT2D eigenvalue weighted by molar-refractivity contribution is 5.51. The van der Waals surface area contributed by atoms with Gasteiger partial charge in [0.25, 0.3) is 0 Å².